The molecule has 0 saturated carbocycles. The summed E-state index contributed by atoms with van der Waals surface area (Å²) < 4.78 is 0. The zero-order valence-corrected chi connectivity index (χ0v) is 20.9. The Labute approximate surface area is 220 Å². The summed E-state index contributed by atoms with van der Waals surface area (Å²) in [5, 5.41) is 5.52. The second-order valence-electron chi connectivity index (χ2n) is 10.1. The van der Waals surface area contributed by atoms with Crippen LogP contribution in [0.4, 0.5) is 5.69 Å². The van der Waals surface area contributed by atoms with E-state index in [0.717, 1.165) is 30.1 Å². The van der Waals surface area contributed by atoms with E-state index in [-0.39, 0.29) is 24.0 Å². The zero-order valence-electron chi connectivity index (χ0n) is 20.9. The van der Waals surface area contributed by atoms with Crippen molar-refractivity contribution in [3.8, 4) is 0 Å². The first-order valence-electron chi connectivity index (χ1n) is 12.9. The number of rotatable bonds is 7. The van der Waals surface area contributed by atoms with Gasteiger partial charge >= 0.3 is 0 Å². The number of carbonyl (C=O) groups is 4. The maximum absolute atomic E-state index is 13.3. The quantitative estimate of drug-likeness (QED) is 0.476. The van der Waals surface area contributed by atoms with Gasteiger partial charge in [0.1, 0.15) is 6.04 Å². The monoisotopic (exact) mass is 508 g/mol. The summed E-state index contributed by atoms with van der Waals surface area (Å²) in [7, 11) is 0. The van der Waals surface area contributed by atoms with Crippen molar-refractivity contribution in [3.63, 3.8) is 0 Å². The maximum Gasteiger partial charge on any atom is 0.264 e. The van der Waals surface area contributed by atoms with E-state index in [1.54, 1.807) is 18.2 Å². The Morgan fingerprint density at radius 1 is 0.816 bits per heavy atom. The number of imide groups is 2. The highest BCUT2D eigenvalue weighted by Gasteiger charge is 2.45. The third kappa shape index (κ3) is 4.48. The summed E-state index contributed by atoms with van der Waals surface area (Å²) in [6.07, 6.45) is 0.228. The molecular weight excluding hydrogens is 480 g/mol. The third-order valence-electron chi connectivity index (χ3n) is 7.61. The lowest BCUT2D eigenvalue weighted by Gasteiger charge is -2.39. The highest BCUT2D eigenvalue weighted by Crippen LogP contribution is 2.33. The molecule has 2 saturated heterocycles. The summed E-state index contributed by atoms with van der Waals surface area (Å²) in [5.41, 5.74) is 4.79. The van der Waals surface area contributed by atoms with Crippen LogP contribution in [0.25, 0.3) is 0 Å². The highest BCUT2D eigenvalue weighted by atomic mass is 16.2. The van der Waals surface area contributed by atoms with E-state index in [0.29, 0.717) is 18.2 Å². The average molecular weight is 509 g/mol. The van der Waals surface area contributed by atoms with Gasteiger partial charge in [0.05, 0.1) is 11.1 Å². The largest absolute Gasteiger partial charge is 0.380 e. The second-order valence-corrected chi connectivity index (χ2v) is 10.1. The van der Waals surface area contributed by atoms with Crippen LogP contribution >= 0.6 is 0 Å². The lowest BCUT2D eigenvalue weighted by atomic mass is 9.91. The van der Waals surface area contributed by atoms with Crippen molar-refractivity contribution in [1.82, 2.24) is 15.1 Å². The lowest BCUT2D eigenvalue weighted by molar-refractivity contribution is -0.136. The zero-order chi connectivity index (χ0) is 26.2. The molecule has 0 aliphatic carbocycles. The van der Waals surface area contributed by atoms with Gasteiger partial charge in [0.15, 0.2) is 0 Å². The number of nitrogens with one attached hydrogen (secondary N) is 2. The minimum absolute atomic E-state index is 0.0935. The van der Waals surface area contributed by atoms with Gasteiger partial charge in [-0.15, -0.1) is 0 Å². The van der Waals surface area contributed by atoms with Crippen LogP contribution < -0.4 is 10.6 Å². The van der Waals surface area contributed by atoms with Gasteiger partial charge in [-0.25, -0.2) is 0 Å². The number of hydrogen-bond acceptors (Lipinski definition) is 6. The molecule has 8 heteroatoms. The minimum atomic E-state index is -0.977. The Balaban J connectivity index is 1.08. The normalized spacial score (nSPS) is 19.8. The fourth-order valence-electron chi connectivity index (χ4n) is 5.52. The Bertz CT molecular complexity index is 1410. The van der Waals surface area contributed by atoms with Crippen LogP contribution in [0.2, 0.25) is 0 Å². The van der Waals surface area contributed by atoms with Crippen molar-refractivity contribution in [3.05, 3.63) is 101 Å². The standard InChI is InChI=1S/C30H28N4O4/c35-26-14-13-25(28(36)32-26)34-29(37)23-7-4-8-24(27(23)30(34)38)31-15-19-9-11-20(12-10-19)16-33-17-22(18-33)21-5-2-1-3-6-21/h1-12,22,25,31H,13-18H2,(H,32,35,36). The molecule has 2 N–H and O–H groups in total. The summed E-state index contributed by atoms with van der Waals surface area (Å²) >= 11 is 0. The summed E-state index contributed by atoms with van der Waals surface area (Å²) in [4.78, 5) is 53.6. The van der Waals surface area contributed by atoms with Gasteiger partial charge in [-0.3, -0.25) is 34.3 Å². The smallest absolute Gasteiger partial charge is 0.264 e. The van der Waals surface area contributed by atoms with Gasteiger partial charge in [-0.1, -0.05) is 60.7 Å². The van der Waals surface area contributed by atoms with Gasteiger partial charge in [0.25, 0.3) is 11.8 Å². The van der Waals surface area contributed by atoms with Crippen LogP contribution in [-0.2, 0) is 22.7 Å². The molecule has 0 radical (unpaired) electrons. The number of carbonyl (C=O) groups excluding carboxylic acids is 4. The van der Waals surface area contributed by atoms with Crippen LogP contribution in [0.15, 0.2) is 72.8 Å². The predicted octanol–water partition coefficient (Wildman–Crippen LogP) is 3.30. The van der Waals surface area contributed by atoms with E-state index >= 15 is 0 Å². The summed E-state index contributed by atoms with van der Waals surface area (Å²) in [6.45, 7) is 3.52. The number of fused-ring (bicyclic) bond motifs is 1. The molecular formula is C30H28N4O4. The molecule has 0 spiro atoms. The lowest BCUT2D eigenvalue weighted by Crippen LogP contribution is -2.54. The van der Waals surface area contributed by atoms with Crippen LogP contribution in [0, 0.1) is 0 Å². The number of benzene rings is 3. The first kappa shape index (κ1) is 24.1. The highest BCUT2D eigenvalue weighted by molar-refractivity contribution is 6.25. The Morgan fingerprint density at radius 3 is 2.29 bits per heavy atom. The molecule has 8 nitrogen and oxygen atoms in total. The molecule has 38 heavy (non-hydrogen) atoms. The van der Waals surface area contributed by atoms with Gasteiger partial charge in [-0.05, 0) is 35.2 Å². The van der Waals surface area contributed by atoms with Crippen molar-refractivity contribution >= 4 is 29.3 Å². The molecule has 3 aromatic rings. The van der Waals surface area contributed by atoms with E-state index in [4.69, 9.17) is 0 Å². The van der Waals surface area contributed by atoms with Crippen molar-refractivity contribution in [2.45, 2.75) is 37.9 Å². The molecule has 0 aromatic heterocycles. The van der Waals surface area contributed by atoms with Gasteiger partial charge in [0.2, 0.25) is 11.8 Å². The Morgan fingerprint density at radius 2 is 1.55 bits per heavy atom. The average Bonchev–Trinajstić information content (AvgIpc) is 3.16. The fraction of sp³-hybridized carbons (Fsp3) is 0.267. The van der Waals surface area contributed by atoms with E-state index in [1.165, 1.54) is 11.1 Å². The molecule has 2 fully saturated rings. The second kappa shape index (κ2) is 9.87. The molecule has 3 aromatic carbocycles. The van der Waals surface area contributed by atoms with Crippen molar-refractivity contribution in [1.29, 1.82) is 0 Å². The van der Waals surface area contributed by atoms with E-state index < -0.39 is 29.7 Å². The first-order chi connectivity index (χ1) is 18.5. The van der Waals surface area contributed by atoms with Crippen LogP contribution in [0.5, 0.6) is 0 Å². The molecule has 1 atom stereocenters. The summed E-state index contributed by atoms with van der Waals surface area (Å²) in [5.74, 6) is -1.42. The molecule has 3 heterocycles. The van der Waals surface area contributed by atoms with Crippen LogP contribution in [0.1, 0.15) is 56.2 Å². The SMILES string of the molecule is O=C1CCC(N2C(=O)c3cccc(NCc4ccc(CN5CC(c6ccccc6)C5)cc4)c3C2=O)C(=O)N1. The molecule has 6 rings (SSSR count). The Hall–Kier alpha value is -4.30. The molecule has 0 bridgehead atoms. The first-order valence-corrected chi connectivity index (χ1v) is 12.9. The number of likely N-dealkylation sites (tertiary alicyclic amines) is 1. The van der Waals surface area contributed by atoms with Crippen LogP contribution in [-0.4, -0.2) is 52.6 Å². The predicted molar refractivity (Wildman–Crippen MR) is 141 cm³/mol. The van der Waals surface area contributed by atoms with Crippen molar-refractivity contribution < 1.29 is 19.2 Å². The maximum atomic E-state index is 13.3. The van der Waals surface area contributed by atoms with E-state index in [1.807, 2.05) is 0 Å². The summed E-state index contributed by atoms with van der Waals surface area (Å²) in [6, 6.07) is 23.1. The van der Waals surface area contributed by atoms with E-state index in [2.05, 4.69) is 70.1 Å². The van der Waals surface area contributed by atoms with Gasteiger partial charge < -0.3 is 5.32 Å². The molecule has 3 aliphatic rings. The topological polar surface area (TPSA) is 98.8 Å². The van der Waals surface area contributed by atoms with Crippen LogP contribution in [0.3, 0.4) is 0 Å². The van der Waals surface area contributed by atoms with Crippen molar-refractivity contribution in [2.24, 2.45) is 0 Å². The number of piperidine rings is 1. The molecule has 3 aliphatic heterocycles. The number of anilines is 1. The van der Waals surface area contributed by atoms with E-state index in [9.17, 15) is 19.2 Å². The molecule has 4 amide bonds. The fourth-order valence-corrected chi connectivity index (χ4v) is 5.52. The minimum Gasteiger partial charge on any atom is -0.380 e. The van der Waals surface area contributed by atoms with Gasteiger partial charge in [0, 0.05) is 44.2 Å². The number of hydrogen-bond donors (Lipinski definition) is 2. The van der Waals surface area contributed by atoms with Gasteiger partial charge in [-0.2, -0.15) is 0 Å². The molecule has 192 valence electrons. The number of nitrogens with zero attached hydrogens (tertiary/aromatic N) is 2. The number of amides is 4. The third-order valence-corrected chi connectivity index (χ3v) is 7.61. The molecule has 1 unspecified atom stereocenters. The Kier molecular flexibility index (Phi) is 6.25. The van der Waals surface area contributed by atoms with Crippen molar-refractivity contribution in [2.75, 3.05) is 18.4 Å².